The van der Waals surface area contributed by atoms with Gasteiger partial charge in [-0.2, -0.15) is 5.10 Å². The largest absolute Gasteiger partial charge is 0.274 e. The summed E-state index contributed by atoms with van der Waals surface area (Å²) in [5.74, 6) is -0.0379. The summed E-state index contributed by atoms with van der Waals surface area (Å²) in [6, 6.07) is 19.4. The van der Waals surface area contributed by atoms with Crippen molar-refractivity contribution in [3.63, 3.8) is 0 Å². The molecular weight excluding hydrogens is 248 g/mol. The Morgan fingerprint density at radius 2 is 1.65 bits per heavy atom. The van der Waals surface area contributed by atoms with Crippen molar-refractivity contribution in [1.29, 1.82) is 0 Å². The molecule has 0 radical (unpaired) electrons. The molecule has 1 unspecified atom stereocenters. The van der Waals surface area contributed by atoms with Crippen LogP contribution in [0, 0.1) is 0 Å². The lowest BCUT2D eigenvalue weighted by molar-refractivity contribution is 0.0725. The lowest BCUT2D eigenvalue weighted by Gasteiger charge is -2.17. The number of hydrogen-bond acceptors (Lipinski definition) is 2. The van der Waals surface area contributed by atoms with Crippen LogP contribution in [-0.4, -0.2) is 22.7 Å². The Balaban J connectivity index is 1.88. The van der Waals surface area contributed by atoms with Crippen LogP contribution in [-0.2, 0) is 0 Å². The predicted molar refractivity (Wildman–Crippen MR) is 79.7 cm³/mol. The summed E-state index contributed by atoms with van der Waals surface area (Å²) < 4.78 is 0. The van der Waals surface area contributed by atoms with Crippen LogP contribution in [0.15, 0.2) is 65.8 Å². The van der Waals surface area contributed by atoms with E-state index in [1.54, 1.807) is 5.01 Å². The molecule has 1 aliphatic rings. The van der Waals surface area contributed by atoms with Gasteiger partial charge in [-0.1, -0.05) is 48.5 Å². The van der Waals surface area contributed by atoms with Crippen molar-refractivity contribution in [1.82, 2.24) is 5.01 Å². The molecule has 1 amide bonds. The molecule has 0 saturated carbocycles. The zero-order valence-electron chi connectivity index (χ0n) is 11.4. The molecule has 0 N–H and O–H groups in total. The number of hydrazone groups is 1. The van der Waals surface area contributed by atoms with E-state index in [2.05, 4.69) is 5.10 Å². The molecule has 3 nitrogen and oxygen atoms in total. The Kier molecular flexibility index (Phi) is 3.33. The second-order valence-corrected chi connectivity index (χ2v) is 4.98. The van der Waals surface area contributed by atoms with Gasteiger partial charge in [0.25, 0.3) is 5.91 Å². The first kappa shape index (κ1) is 12.6. The van der Waals surface area contributed by atoms with Gasteiger partial charge in [0.2, 0.25) is 0 Å². The number of hydrogen-bond donors (Lipinski definition) is 0. The zero-order chi connectivity index (χ0) is 13.9. The summed E-state index contributed by atoms with van der Waals surface area (Å²) in [7, 11) is 0. The topological polar surface area (TPSA) is 32.7 Å². The van der Waals surface area contributed by atoms with Crippen LogP contribution in [0.3, 0.4) is 0 Å². The number of amides is 1. The number of carbonyl (C=O) groups excluding carboxylic acids is 1. The smallest absolute Gasteiger partial charge is 0.267 e. The highest BCUT2D eigenvalue weighted by atomic mass is 16.2. The van der Waals surface area contributed by atoms with Gasteiger partial charge in [0.05, 0.1) is 11.8 Å². The van der Waals surface area contributed by atoms with Crippen molar-refractivity contribution in [3.8, 4) is 0 Å². The van der Waals surface area contributed by atoms with Gasteiger partial charge >= 0.3 is 0 Å². The van der Waals surface area contributed by atoms with Crippen molar-refractivity contribution in [3.05, 3.63) is 71.8 Å². The molecule has 2 aromatic carbocycles. The molecule has 0 bridgehead atoms. The standard InChI is InChI=1S/C17H16N2O/c1-13-12-16(14-8-4-2-5-9-14)18-19(13)17(20)15-10-6-3-7-11-15/h2-11,13H,12H2,1H3. The van der Waals surface area contributed by atoms with E-state index in [9.17, 15) is 4.79 Å². The van der Waals surface area contributed by atoms with Gasteiger partial charge in [0, 0.05) is 12.0 Å². The van der Waals surface area contributed by atoms with E-state index in [-0.39, 0.29) is 11.9 Å². The van der Waals surface area contributed by atoms with E-state index < -0.39 is 0 Å². The Labute approximate surface area is 118 Å². The molecule has 3 heteroatoms. The molecule has 100 valence electrons. The second-order valence-electron chi connectivity index (χ2n) is 4.98. The van der Waals surface area contributed by atoms with E-state index in [1.807, 2.05) is 67.6 Å². The third-order valence-corrected chi connectivity index (χ3v) is 3.47. The number of benzene rings is 2. The van der Waals surface area contributed by atoms with Crippen molar-refractivity contribution in [2.24, 2.45) is 5.10 Å². The molecule has 0 aliphatic carbocycles. The van der Waals surface area contributed by atoms with Crippen molar-refractivity contribution < 1.29 is 4.79 Å². The average Bonchev–Trinajstić information content (AvgIpc) is 2.90. The maximum absolute atomic E-state index is 12.5. The van der Waals surface area contributed by atoms with Crippen molar-refractivity contribution in [2.75, 3.05) is 0 Å². The SMILES string of the molecule is CC1CC(c2ccccc2)=NN1C(=O)c1ccccc1. The maximum atomic E-state index is 12.5. The van der Waals surface area contributed by atoms with Crippen LogP contribution in [0.25, 0.3) is 0 Å². The lowest BCUT2D eigenvalue weighted by Crippen LogP contribution is -2.30. The van der Waals surface area contributed by atoms with E-state index in [4.69, 9.17) is 0 Å². The average molecular weight is 264 g/mol. The van der Waals surface area contributed by atoms with Crippen LogP contribution < -0.4 is 0 Å². The third-order valence-electron chi connectivity index (χ3n) is 3.47. The minimum Gasteiger partial charge on any atom is -0.267 e. The molecular formula is C17H16N2O. The van der Waals surface area contributed by atoms with Crippen LogP contribution in [0.5, 0.6) is 0 Å². The Bertz CT molecular complexity index is 635. The molecule has 2 aromatic rings. The van der Waals surface area contributed by atoms with E-state index in [0.717, 1.165) is 17.7 Å². The fourth-order valence-corrected chi connectivity index (χ4v) is 2.40. The fourth-order valence-electron chi connectivity index (χ4n) is 2.40. The second kappa shape index (κ2) is 5.29. The molecule has 0 spiro atoms. The quantitative estimate of drug-likeness (QED) is 0.819. The summed E-state index contributed by atoms with van der Waals surface area (Å²) in [6.07, 6.45) is 0.794. The highest BCUT2D eigenvalue weighted by Crippen LogP contribution is 2.21. The normalized spacial score (nSPS) is 17.9. The van der Waals surface area contributed by atoms with E-state index in [1.165, 1.54) is 0 Å². The minimum atomic E-state index is -0.0379. The Hall–Kier alpha value is -2.42. The van der Waals surface area contributed by atoms with Crippen LogP contribution in [0.1, 0.15) is 29.3 Å². The third kappa shape index (κ3) is 2.35. The highest BCUT2D eigenvalue weighted by molar-refractivity contribution is 6.04. The van der Waals surface area contributed by atoms with Gasteiger partial charge in [0.1, 0.15) is 0 Å². The summed E-state index contributed by atoms with van der Waals surface area (Å²) in [6.45, 7) is 2.03. The number of carbonyl (C=O) groups is 1. The Morgan fingerprint density at radius 1 is 1.05 bits per heavy atom. The molecule has 1 heterocycles. The minimum absolute atomic E-state index is 0.0379. The number of nitrogens with zero attached hydrogens (tertiary/aromatic N) is 2. The first-order chi connectivity index (χ1) is 9.75. The fraction of sp³-hybridized carbons (Fsp3) is 0.176. The van der Waals surface area contributed by atoms with Gasteiger partial charge in [0.15, 0.2) is 0 Å². The van der Waals surface area contributed by atoms with Gasteiger partial charge in [-0.3, -0.25) is 4.79 Å². The van der Waals surface area contributed by atoms with Crippen molar-refractivity contribution in [2.45, 2.75) is 19.4 Å². The summed E-state index contributed by atoms with van der Waals surface area (Å²) >= 11 is 0. The van der Waals surface area contributed by atoms with Crippen LogP contribution in [0.4, 0.5) is 0 Å². The lowest BCUT2D eigenvalue weighted by atomic mass is 10.1. The molecule has 0 fully saturated rings. The molecule has 0 saturated heterocycles. The number of rotatable bonds is 2. The summed E-state index contributed by atoms with van der Waals surface area (Å²) in [5.41, 5.74) is 2.74. The van der Waals surface area contributed by atoms with Crippen LogP contribution in [0.2, 0.25) is 0 Å². The van der Waals surface area contributed by atoms with Gasteiger partial charge in [-0.25, -0.2) is 5.01 Å². The Morgan fingerprint density at radius 3 is 2.30 bits per heavy atom. The predicted octanol–water partition coefficient (Wildman–Crippen LogP) is 3.33. The maximum Gasteiger partial charge on any atom is 0.274 e. The first-order valence-corrected chi connectivity index (χ1v) is 6.77. The molecule has 0 aromatic heterocycles. The van der Waals surface area contributed by atoms with Gasteiger partial charge < -0.3 is 0 Å². The van der Waals surface area contributed by atoms with Gasteiger partial charge in [-0.05, 0) is 24.6 Å². The zero-order valence-corrected chi connectivity index (χ0v) is 11.4. The molecule has 3 rings (SSSR count). The van der Waals surface area contributed by atoms with E-state index >= 15 is 0 Å². The monoisotopic (exact) mass is 264 g/mol. The highest BCUT2D eigenvalue weighted by Gasteiger charge is 2.28. The summed E-state index contributed by atoms with van der Waals surface area (Å²) in [4.78, 5) is 12.5. The summed E-state index contributed by atoms with van der Waals surface area (Å²) in [5, 5.41) is 6.11. The molecule has 1 aliphatic heterocycles. The van der Waals surface area contributed by atoms with Crippen LogP contribution >= 0.6 is 0 Å². The van der Waals surface area contributed by atoms with Gasteiger partial charge in [-0.15, -0.1) is 0 Å². The first-order valence-electron chi connectivity index (χ1n) is 6.77. The van der Waals surface area contributed by atoms with Crippen molar-refractivity contribution >= 4 is 11.6 Å². The van der Waals surface area contributed by atoms with E-state index in [0.29, 0.717) is 5.56 Å². The molecule has 1 atom stereocenters. The molecule has 20 heavy (non-hydrogen) atoms.